The molecule has 19 heavy (non-hydrogen) atoms. The highest BCUT2D eigenvalue weighted by atomic mass is 16.5. The molecular weight excluding hydrogens is 236 g/mol. The van der Waals surface area contributed by atoms with Crippen molar-refractivity contribution in [3.8, 4) is 0 Å². The fourth-order valence-electron chi connectivity index (χ4n) is 2.52. The Bertz CT molecular complexity index is 366. The van der Waals surface area contributed by atoms with Crippen molar-refractivity contribution in [2.45, 2.75) is 39.8 Å². The molecule has 0 spiro atoms. The molecule has 108 valence electrons. The number of ether oxygens (including phenoxy) is 1. The van der Waals surface area contributed by atoms with Crippen LogP contribution in [0.25, 0.3) is 0 Å². The van der Waals surface area contributed by atoms with Crippen LogP contribution >= 0.6 is 0 Å². The molecule has 0 aliphatic rings. The molecule has 2 N–H and O–H groups in total. The van der Waals surface area contributed by atoms with E-state index in [1.54, 1.807) is 0 Å². The minimum absolute atomic E-state index is 0.100. The standard InChI is InChI=1S/C16H28N2O/c1-5-18(10-11-19-6-2)16(14(4)17)15-9-7-8-13(3)12-15/h7-9,12,14,16H,5-6,10-11,17H2,1-4H3. The minimum Gasteiger partial charge on any atom is -0.380 e. The van der Waals surface area contributed by atoms with Crippen molar-refractivity contribution in [1.82, 2.24) is 4.90 Å². The van der Waals surface area contributed by atoms with Crippen LogP contribution < -0.4 is 5.73 Å². The van der Waals surface area contributed by atoms with Gasteiger partial charge >= 0.3 is 0 Å². The molecule has 3 heteroatoms. The van der Waals surface area contributed by atoms with Gasteiger partial charge in [0.1, 0.15) is 0 Å². The van der Waals surface area contributed by atoms with Gasteiger partial charge in [0.05, 0.1) is 6.61 Å². The molecule has 0 bridgehead atoms. The minimum atomic E-state index is 0.100. The summed E-state index contributed by atoms with van der Waals surface area (Å²) in [6, 6.07) is 8.99. The van der Waals surface area contributed by atoms with Crippen molar-refractivity contribution in [3.05, 3.63) is 35.4 Å². The summed E-state index contributed by atoms with van der Waals surface area (Å²) in [6.07, 6.45) is 0. The molecule has 0 radical (unpaired) electrons. The fourth-order valence-corrected chi connectivity index (χ4v) is 2.52. The summed E-state index contributed by atoms with van der Waals surface area (Å²) in [6.45, 7) is 11.8. The first-order chi connectivity index (χ1) is 9.10. The van der Waals surface area contributed by atoms with Crippen molar-refractivity contribution < 1.29 is 4.74 Å². The maximum Gasteiger partial charge on any atom is 0.0593 e. The van der Waals surface area contributed by atoms with Gasteiger partial charge in [-0.1, -0.05) is 36.8 Å². The van der Waals surface area contributed by atoms with E-state index in [1.807, 2.05) is 6.92 Å². The normalized spacial score (nSPS) is 14.6. The molecule has 1 aromatic carbocycles. The first-order valence-corrected chi connectivity index (χ1v) is 7.24. The summed E-state index contributed by atoms with van der Waals surface area (Å²) in [7, 11) is 0. The lowest BCUT2D eigenvalue weighted by atomic mass is 9.97. The van der Waals surface area contributed by atoms with Crippen LogP contribution in [0.15, 0.2) is 24.3 Å². The van der Waals surface area contributed by atoms with Crippen LogP contribution in [0, 0.1) is 6.92 Å². The van der Waals surface area contributed by atoms with Gasteiger partial charge in [0.15, 0.2) is 0 Å². The zero-order valence-electron chi connectivity index (χ0n) is 12.7. The van der Waals surface area contributed by atoms with E-state index in [4.69, 9.17) is 10.5 Å². The summed E-state index contributed by atoms with van der Waals surface area (Å²) >= 11 is 0. The third-order valence-electron chi connectivity index (χ3n) is 3.41. The summed E-state index contributed by atoms with van der Waals surface area (Å²) < 4.78 is 5.47. The number of benzene rings is 1. The van der Waals surface area contributed by atoms with E-state index in [0.29, 0.717) is 0 Å². The van der Waals surface area contributed by atoms with Crippen LogP contribution in [-0.4, -0.2) is 37.2 Å². The molecule has 3 nitrogen and oxygen atoms in total. The van der Waals surface area contributed by atoms with Crippen molar-refractivity contribution in [3.63, 3.8) is 0 Å². The predicted octanol–water partition coefficient (Wildman–Crippen LogP) is 2.74. The largest absolute Gasteiger partial charge is 0.380 e. The van der Waals surface area contributed by atoms with Gasteiger partial charge in [-0.15, -0.1) is 0 Å². The van der Waals surface area contributed by atoms with E-state index < -0.39 is 0 Å². The Hall–Kier alpha value is -0.900. The van der Waals surface area contributed by atoms with Crippen LogP contribution in [0.4, 0.5) is 0 Å². The Morgan fingerprint density at radius 3 is 2.58 bits per heavy atom. The van der Waals surface area contributed by atoms with E-state index in [1.165, 1.54) is 11.1 Å². The second-order valence-corrected chi connectivity index (χ2v) is 5.04. The average molecular weight is 264 g/mol. The summed E-state index contributed by atoms with van der Waals surface area (Å²) in [5.41, 5.74) is 8.80. The maximum absolute atomic E-state index is 6.22. The Labute approximate surface area is 117 Å². The fraction of sp³-hybridized carbons (Fsp3) is 0.625. The molecule has 1 rings (SSSR count). The summed E-state index contributed by atoms with van der Waals surface area (Å²) in [4.78, 5) is 2.40. The van der Waals surface area contributed by atoms with Gasteiger partial charge in [0.25, 0.3) is 0 Å². The first kappa shape index (κ1) is 16.2. The van der Waals surface area contributed by atoms with E-state index in [0.717, 1.165) is 26.3 Å². The van der Waals surface area contributed by atoms with Crippen LogP contribution in [0.3, 0.4) is 0 Å². The molecule has 2 atom stereocenters. The number of likely N-dealkylation sites (N-methyl/N-ethyl adjacent to an activating group) is 1. The van der Waals surface area contributed by atoms with Gasteiger partial charge in [-0.25, -0.2) is 0 Å². The van der Waals surface area contributed by atoms with Crippen LogP contribution in [0.1, 0.15) is 37.9 Å². The molecule has 0 aliphatic carbocycles. The molecule has 0 saturated heterocycles. The van der Waals surface area contributed by atoms with Gasteiger partial charge in [-0.05, 0) is 32.9 Å². The van der Waals surface area contributed by atoms with Gasteiger partial charge in [0, 0.05) is 25.2 Å². The molecule has 0 fully saturated rings. The van der Waals surface area contributed by atoms with E-state index in [2.05, 4.69) is 49.9 Å². The lowest BCUT2D eigenvalue weighted by Gasteiger charge is -2.34. The average Bonchev–Trinajstić information content (AvgIpc) is 2.37. The number of nitrogens with zero attached hydrogens (tertiary/aromatic N) is 1. The van der Waals surface area contributed by atoms with Gasteiger partial charge in [-0.2, -0.15) is 0 Å². The second kappa shape index (κ2) is 8.31. The van der Waals surface area contributed by atoms with Crippen molar-refractivity contribution >= 4 is 0 Å². The SMILES string of the molecule is CCOCCN(CC)C(c1cccc(C)c1)C(C)N. The summed E-state index contributed by atoms with van der Waals surface area (Å²) in [5, 5.41) is 0. The molecule has 0 aromatic heterocycles. The zero-order valence-corrected chi connectivity index (χ0v) is 12.7. The van der Waals surface area contributed by atoms with E-state index in [9.17, 15) is 0 Å². The van der Waals surface area contributed by atoms with Gasteiger partial charge in [0.2, 0.25) is 0 Å². The lowest BCUT2D eigenvalue weighted by Crippen LogP contribution is -2.41. The lowest BCUT2D eigenvalue weighted by molar-refractivity contribution is 0.0909. The number of hydrogen-bond acceptors (Lipinski definition) is 3. The maximum atomic E-state index is 6.22. The second-order valence-electron chi connectivity index (χ2n) is 5.04. The highest BCUT2D eigenvalue weighted by Gasteiger charge is 2.22. The monoisotopic (exact) mass is 264 g/mol. The number of hydrogen-bond donors (Lipinski definition) is 1. The quantitative estimate of drug-likeness (QED) is 0.734. The predicted molar refractivity (Wildman–Crippen MR) is 81.3 cm³/mol. The molecule has 0 amide bonds. The molecule has 1 aromatic rings. The third-order valence-corrected chi connectivity index (χ3v) is 3.41. The zero-order chi connectivity index (χ0) is 14.3. The van der Waals surface area contributed by atoms with Gasteiger partial charge in [-0.3, -0.25) is 4.90 Å². The number of rotatable bonds is 8. The number of aryl methyl sites for hydroxylation is 1. The Kier molecular flexibility index (Phi) is 7.06. The molecule has 2 unspecified atom stereocenters. The molecular formula is C16H28N2O. The number of nitrogens with two attached hydrogens (primary N) is 1. The van der Waals surface area contributed by atoms with Crippen LogP contribution in [-0.2, 0) is 4.74 Å². The highest BCUT2D eigenvalue weighted by Crippen LogP contribution is 2.24. The first-order valence-electron chi connectivity index (χ1n) is 7.24. The molecule has 0 aliphatic heterocycles. The van der Waals surface area contributed by atoms with E-state index >= 15 is 0 Å². The van der Waals surface area contributed by atoms with Crippen LogP contribution in [0.5, 0.6) is 0 Å². The Morgan fingerprint density at radius 2 is 2.05 bits per heavy atom. The van der Waals surface area contributed by atoms with E-state index in [-0.39, 0.29) is 12.1 Å². The smallest absolute Gasteiger partial charge is 0.0593 e. The third kappa shape index (κ3) is 4.94. The molecule has 0 saturated carbocycles. The van der Waals surface area contributed by atoms with Crippen LogP contribution in [0.2, 0.25) is 0 Å². The molecule has 0 heterocycles. The highest BCUT2D eigenvalue weighted by molar-refractivity contribution is 5.26. The Morgan fingerprint density at radius 1 is 1.32 bits per heavy atom. The topological polar surface area (TPSA) is 38.5 Å². The van der Waals surface area contributed by atoms with Gasteiger partial charge < -0.3 is 10.5 Å². The van der Waals surface area contributed by atoms with Crippen molar-refractivity contribution in [1.29, 1.82) is 0 Å². The van der Waals surface area contributed by atoms with Crippen molar-refractivity contribution in [2.24, 2.45) is 5.73 Å². The Balaban J connectivity index is 2.85. The summed E-state index contributed by atoms with van der Waals surface area (Å²) in [5.74, 6) is 0. The van der Waals surface area contributed by atoms with Crippen molar-refractivity contribution in [2.75, 3.05) is 26.3 Å².